The number of rotatable bonds is 3. The van der Waals surface area contributed by atoms with Gasteiger partial charge in [0.1, 0.15) is 0 Å². The van der Waals surface area contributed by atoms with Crippen LogP contribution in [0.1, 0.15) is 24.3 Å². The molecule has 0 bridgehead atoms. The molecule has 2 aliphatic heterocycles. The van der Waals surface area contributed by atoms with Crippen LogP contribution in [-0.4, -0.2) is 42.5 Å². The number of hydrogen-bond donors (Lipinski definition) is 1. The molecular formula is C21H26ClN3O. The Labute approximate surface area is 161 Å². The van der Waals surface area contributed by atoms with Crippen LogP contribution in [0.2, 0.25) is 0 Å². The van der Waals surface area contributed by atoms with Crippen LogP contribution >= 0.6 is 12.4 Å². The highest BCUT2D eigenvalue weighted by Gasteiger charge is 2.40. The van der Waals surface area contributed by atoms with Crippen LogP contribution in [0.3, 0.4) is 0 Å². The number of anilines is 1. The SMILES string of the molecule is Cl.N[C@@H]1CN(C2CCCN(c3ccccc3)C2=O)C[C@H]1c1ccccc1. The van der Waals surface area contributed by atoms with Crippen LogP contribution in [0.25, 0.3) is 0 Å². The first-order valence-corrected chi connectivity index (χ1v) is 9.15. The van der Waals surface area contributed by atoms with Gasteiger partial charge in [0.15, 0.2) is 0 Å². The Bertz CT molecular complexity index is 725. The van der Waals surface area contributed by atoms with Gasteiger partial charge in [0.25, 0.3) is 0 Å². The van der Waals surface area contributed by atoms with E-state index in [4.69, 9.17) is 5.73 Å². The zero-order valence-corrected chi connectivity index (χ0v) is 15.6. The Balaban J connectivity index is 0.00000196. The first-order valence-electron chi connectivity index (χ1n) is 9.15. The molecule has 26 heavy (non-hydrogen) atoms. The van der Waals surface area contributed by atoms with Crippen LogP contribution in [-0.2, 0) is 4.79 Å². The molecule has 2 aromatic carbocycles. The van der Waals surface area contributed by atoms with Crippen molar-refractivity contribution in [2.45, 2.75) is 30.8 Å². The summed E-state index contributed by atoms with van der Waals surface area (Å²) in [7, 11) is 0. The molecule has 3 atom stereocenters. The summed E-state index contributed by atoms with van der Waals surface area (Å²) in [6, 6.07) is 20.5. The molecule has 0 saturated carbocycles. The third-order valence-corrected chi connectivity index (χ3v) is 5.54. The van der Waals surface area contributed by atoms with Crippen molar-refractivity contribution in [3.05, 3.63) is 66.2 Å². The molecule has 0 radical (unpaired) electrons. The number of para-hydroxylation sites is 1. The first-order chi connectivity index (χ1) is 12.2. The van der Waals surface area contributed by atoms with Crippen LogP contribution in [0, 0.1) is 0 Å². The Morgan fingerprint density at radius 2 is 1.58 bits per heavy atom. The second kappa shape index (κ2) is 8.21. The maximum absolute atomic E-state index is 13.1. The molecule has 2 N–H and O–H groups in total. The van der Waals surface area contributed by atoms with E-state index in [1.807, 2.05) is 41.3 Å². The lowest BCUT2D eigenvalue weighted by molar-refractivity contribution is -0.125. The van der Waals surface area contributed by atoms with E-state index in [2.05, 4.69) is 29.2 Å². The van der Waals surface area contributed by atoms with E-state index < -0.39 is 0 Å². The number of carbonyl (C=O) groups excluding carboxylic acids is 1. The summed E-state index contributed by atoms with van der Waals surface area (Å²) in [5.74, 6) is 0.527. The molecule has 1 unspecified atom stereocenters. The maximum Gasteiger partial charge on any atom is 0.244 e. The van der Waals surface area contributed by atoms with Crippen molar-refractivity contribution < 1.29 is 4.79 Å². The molecule has 2 heterocycles. The lowest BCUT2D eigenvalue weighted by Crippen LogP contribution is -2.52. The van der Waals surface area contributed by atoms with E-state index in [1.165, 1.54) is 5.56 Å². The number of halogens is 1. The first kappa shape index (κ1) is 18.9. The molecule has 2 fully saturated rings. The van der Waals surface area contributed by atoms with Gasteiger partial charge < -0.3 is 10.6 Å². The van der Waals surface area contributed by atoms with Gasteiger partial charge in [-0.25, -0.2) is 0 Å². The molecular weight excluding hydrogens is 346 g/mol. The minimum Gasteiger partial charge on any atom is -0.326 e. The number of carbonyl (C=O) groups is 1. The fraction of sp³-hybridized carbons (Fsp3) is 0.381. The van der Waals surface area contributed by atoms with E-state index in [1.54, 1.807) is 0 Å². The van der Waals surface area contributed by atoms with E-state index in [0.717, 1.165) is 38.2 Å². The molecule has 0 spiro atoms. The number of amides is 1. The summed E-state index contributed by atoms with van der Waals surface area (Å²) in [6.07, 6.45) is 1.96. The number of nitrogens with two attached hydrogens (primary N) is 1. The standard InChI is InChI=1S/C21H25N3O.ClH/c22-19-15-23(14-18(19)16-8-3-1-4-9-16)20-12-7-13-24(21(20)25)17-10-5-2-6-11-17;/h1-6,8-11,18-20H,7,12-15,22H2;1H/t18-,19+,20?;/m0./s1. The van der Waals surface area contributed by atoms with E-state index >= 15 is 0 Å². The molecule has 0 aliphatic carbocycles. The molecule has 4 nitrogen and oxygen atoms in total. The van der Waals surface area contributed by atoms with Crippen molar-refractivity contribution in [2.24, 2.45) is 5.73 Å². The van der Waals surface area contributed by atoms with Gasteiger partial charge in [0.05, 0.1) is 6.04 Å². The second-order valence-electron chi connectivity index (χ2n) is 7.12. The number of hydrogen-bond acceptors (Lipinski definition) is 3. The van der Waals surface area contributed by atoms with Gasteiger partial charge in [0.2, 0.25) is 5.91 Å². The fourth-order valence-corrected chi connectivity index (χ4v) is 4.23. The second-order valence-corrected chi connectivity index (χ2v) is 7.12. The van der Waals surface area contributed by atoms with Gasteiger partial charge in [-0.05, 0) is 30.5 Å². The van der Waals surface area contributed by atoms with Crippen molar-refractivity contribution in [1.29, 1.82) is 0 Å². The molecule has 5 heteroatoms. The predicted octanol–water partition coefficient (Wildman–Crippen LogP) is 3.03. The highest BCUT2D eigenvalue weighted by atomic mass is 35.5. The van der Waals surface area contributed by atoms with E-state index in [-0.39, 0.29) is 30.4 Å². The minimum absolute atomic E-state index is 0. The topological polar surface area (TPSA) is 49.6 Å². The highest BCUT2D eigenvalue weighted by molar-refractivity contribution is 5.97. The lowest BCUT2D eigenvalue weighted by atomic mass is 9.95. The average Bonchev–Trinajstić information content (AvgIpc) is 3.05. The lowest BCUT2D eigenvalue weighted by Gasteiger charge is -2.37. The number of nitrogens with zero attached hydrogens (tertiary/aromatic N) is 2. The summed E-state index contributed by atoms with van der Waals surface area (Å²) in [5, 5.41) is 0. The summed E-state index contributed by atoms with van der Waals surface area (Å²) >= 11 is 0. The Kier molecular flexibility index (Phi) is 5.97. The number of benzene rings is 2. The van der Waals surface area contributed by atoms with E-state index in [9.17, 15) is 4.79 Å². The van der Waals surface area contributed by atoms with E-state index in [0.29, 0.717) is 5.92 Å². The van der Waals surface area contributed by atoms with Crippen molar-refractivity contribution in [1.82, 2.24) is 4.90 Å². The molecule has 138 valence electrons. The zero-order chi connectivity index (χ0) is 17.2. The van der Waals surface area contributed by atoms with Crippen LogP contribution in [0.5, 0.6) is 0 Å². The van der Waals surface area contributed by atoms with Gasteiger partial charge in [-0.1, -0.05) is 48.5 Å². The summed E-state index contributed by atoms with van der Waals surface area (Å²) in [5.41, 5.74) is 8.71. The smallest absolute Gasteiger partial charge is 0.244 e. The Hall–Kier alpha value is -1.88. The molecule has 2 aliphatic rings. The van der Waals surface area contributed by atoms with Gasteiger partial charge >= 0.3 is 0 Å². The highest BCUT2D eigenvalue weighted by Crippen LogP contribution is 2.31. The van der Waals surface area contributed by atoms with Crippen LogP contribution in [0.15, 0.2) is 60.7 Å². The molecule has 4 rings (SSSR count). The third-order valence-electron chi connectivity index (χ3n) is 5.54. The summed E-state index contributed by atoms with van der Waals surface area (Å²) < 4.78 is 0. The quantitative estimate of drug-likeness (QED) is 0.902. The zero-order valence-electron chi connectivity index (χ0n) is 14.8. The van der Waals surface area contributed by atoms with Crippen LogP contribution < -0.4 is 10.6 Å². The van der Waals surface area contributed by atoms with Crippen molar-refractivity contribution in [3.8, 4) is 0 Å². The van der Waals surface area contributed by atoms with Crippen LogP contribution in [0.4, 0.5) is 5.69 Å². The predicted molar refractivity (Wildman–Crippen MR) is 108 cm³/mol. The van der Waals surface area contributed by atoms with Gasteiger partial charge in [-0.15, -0.1) is 12.4 Å². The maximum atomic E-state index is 13.1. The Morgan fingerprint density at radius 1 is 0.923 bits per heavy atom. The normalized spacial score (nSPS) is 26.6. The van der Waals surface area contributed by atoms with Gasteiger partial charge in [0, 0.05) is 37.3 Å². The largest absolute Gasteiger partial charge is 0.326 e. The molecule has 2 aromatic rings. The number of piperidine rings is 1. The molecule has 0 aromatic heterocycles. The number of likely N-dealkylation sites (tertiary alicyclic amines) is 1. The average molecular weight is 372 g/mol. The van der Waals surface area contributed by atoms with Crippen molar-refractivity contribution in [2.75, 3.05) is 24.5 Å². The summed E-state index contributed by atoms with van der Waals surface area (Å²) in [6.45, 7) is 2.46. The molecule has 2 saturated heterocycles. The molecule has 1 amide bonds. The van der Waals surface area contributed by atoms with Crippen molar-refractivity contribution >= 4 is 24.0 Å². The fourth-order valence-electron chi connectivity index (χ4n) is 4.23. The minimum atomic E-state index is -0.0475. The van der Waals surface area contributed by atoms with Crippen molar-refractivity contribution in [3.63, 3.8) is 0 Å². The monoisotopic (exact) mass is 371 g/mol. The third kappa shape index (κ3) is 3.63. The summed E-state index contributed by atoms with van der Waals surface area (Å²) in [4.78, 5) is 17.4. The van der Waals surface area contributed by atoms with Gasteiger partial charge in [-0.3, -0.25) is 9.69 Å². The van der Waals surface area contributed by atoms with Gasteiger partial charge in [-0.2, -0.15) is 0 Å². The Morgan fingerprint density at radius 3 is 2.27 bits per heavy atom.